The van der Waals surface area contributed by atoms with E-state index in [1.54, 1.807) is 6.92 Å². The highest BCUT2D eigenvalue weighted by Gasteiger charge is 2.84. The Hall–Kier alpha value is -2.50. The van der Waals surface area contributed by atoms with E-state index in [1.165, 1.54) is 10.4 Å². The Bertz CT molecular complexity index is 1080. The van der Waals surface area contributed by atoms with Gasteiger partial charge in [-0.1, -0.05) is 93.6 Å². The number of hydrogen-bond acceptors (Lipinski definition) is 4. The second-order valence-electron chi connectivity index (χ2n) is 11.1. The SMILES string of the molecule is CCOC(=O)[C@]12C(=O)C[C@]3(CO[Si](c4ccccc4)(c4ccccc4)C(C)(C)C)C=CC[C@H]1[C@@H]32. The Morgan fingerprint density at radius 3 is 2.15 bits per heavy atom. The van der Waals surface area contributed by atoms with Gasteiger partial charge in [-0.15, -0.1) is 0 Å². The van der Waals surface area contributed by atoms with Crippen LogP contribution in [0.15, 0.2) is 72.8 Å². The molecule has 0 saturated heterocycles. The number of carbonyl (C=O) groups excluding carboxylic acids is 2. The van der Waals surface area contributed by atoms with Crippen LogP contribution in [0.2, 0.25) is 5.04 Å². The van der Waals surface area contributed by atoms with Crippen LogP contribution >= 0.6 is 0 Å². The molecule has 2 aromatic carbocycles. The number of esters is 1. The van der Waals surface area contributed by atoms with Crippen molar-refractivity contribution in [2.45, 2.75) is 45.6 Å². The second-order valence-corrected chi connectivity index (χ2v) is 15.4. The lowest BCUT2D eigenvalue weighted by Gasteiger charge is -2.45. The monoisotopic (exact) mass is 474 g/mol. The van der Waals surface area contributed by atoms with Gasteiger partial charge in [-0.05, 0) is 40.6 Å². The first-order valence-corrected chi connectivity index (χ1v) is 14.3. The molecule has 4 nitrogen and oxygen atoms in total. The summed E-state index contributed by atoms with van der Waals surface area (Å²) in [7, 11) is -2.74. The van der Waals surface area contributed by atoms with Crippen molar-refractivity contribution in [3.8, 4) is 0 Å². The van der Waals surface area contributed by atoms with Gasteiger partial charge in [-0.2, -0.15) is 0 Å². The summed E-state index contributed by atoms with van der Waals surface area (Å²) in [5.41, 5.74) is -1.41. The van der Waals surface area contributed by atoms with Crippen LogP contribution in [0.25, 0.3) is 0 Å². The van der Waals surface area contributed by atoms with Crippen LogP contribution in [-0.2, 0) is 18.8 Å². The highest BCUT2D eigenvalue weighted by Crippen LogP contribution is 2.77. The van der Waals surface area contributed by atoms with Crippen molar-refractivity contribution in [2.75, 3.05) is 13.2 Å². The molecule has 0 bridgehead atoms. The largest absolute Gasteiger partial charge is 0.465 e. The zero-order valence-corrected chi connectivity index (χ0v) is 21.5. The summed E-state index contributed by atoms with van der Waals surface area (Å²) in [6, 6.07) is 21.1. The second kappa shape index (κ2) is 8.03. The molecule has 0 aromatic heterocycles. The maximum atomic E-state index is 13.4. The van der Waals surface area contributed by atoms with Crippen molar-refractivity contribution >= 4 is 30.4 Å². The molecular formula is C29H34O4Si. The van der Waals surface area contributed by atoms with Gasteiger partial charge in [0.2, 0.25) is 0 Å². The molecule has 3 aliphatic carbocycles. The molecule has 34 heavy (non-hydrogen) atoms. The molecule has 0 spiro atoms. The minimum atomic E-state index is -2.74. The van der Waals surface area contributed by atoms with Crippen molar-refractivity contribution < 1.29 is 18.8 Å². The van der Waals surface area contributed by atoms with Crippen LogP contribution in [0.5, 0.6) is 0 Å². The fraction of sp³-hybridized carbons (Fsp3) is 0.448. The summed E-state index contributed by atoms with van der Waals surface area (Å²) in [5, 5.41) is 2.30. The van der Waals surface area contributed by atoms with E-state index in [0.29, 0.717) is 19.6 Å². The third kappa shape index (κ3) is 3.06. The summed E-state index contributed by atoms with van der Waals surface area (Å²) in [4.78, 5) is 26.4. The standard InChI is InChI=1S/C29H34O4Si/c1-5-32-26(31)29-23-17-12-18-28(25(23)29,19-24(29)30)20-33-34(27(2,3)4,21-13-8-6-9-14-21)22-15-10-7-11-16-22/h6-16,18,23,25H,5,17,19-20H2,1-4H3/t23-,25-,28-,29-/m0/s1. The van der Waals surface area contributed by atoms with Gasteiger partial charge in [-0.3, -0.25) is 9.59 Å². The summed E-state index contributed by atoms with van der Waals surface area (Å²) in [6.45, 7) is 9.32. The van der Waals surface area contributed by atoms with Crippen molar-refractivity contribution in [3.63, 3.8) is 0 Å². The van der Waals surface area contributed by atoms with E-state index in [0.717, 1.165) is 6.42 Å². The molecule has 2 saturated carbocycles. The Labute approximate surface area is 203 Å². The lowest BCUT2D eigenvalue weighted by molar-refractivity contribution is -0.153. The average molecular weight is 475 g/mol. The predicted octanol–water partition coefficient (Wildman–Crippen LogP) is 4.28. The number of allylic oxidation sites excluding steroid dienone is 1. The molecule has 4 atom stereocenters. The lowest BCUT2D eigenvalue weighted by Crippen LogP contribution is -2.67. The Balaban J connectivity index is 1.57. The summed E-state index contributed by atoms with van der Waals surface area (Å²) in [5.74, 6) is -0.266. The van der Waals surface area contributed by atoms with Crippen LogP contribution in [0.3, 0.4) is 0 Å². The average Bonchev–Trinajstić information content (AvgIpc) is 3.44. The molecule has 0 amide bonds. The Kier molecular flexibility index (Phi) is 5.49. The van der Waals surface area contributed by atoms with Gasteiger partial charge >= 0.3 is 5.97 Å². The van der Waals surface area contributed by atoms with Crippen LogP contribution in [0.4, 0.5) is 0 Å². The zero-order valence-electron chi connectivity index (χ0n) is 20.5. The van der Waals surface area contributed by atoms with E-state index in [2.05, 4.69) is 81.5 Å². The van der Waals surface area contributed by atoms with Crippen LogP contribution in [0.1, 0.15) is 40.5 Å². The molecule has 0 radical (unpaired) electrons. The number of Topliss-reactive ketones (excluding diaryl/α,β-unsaturated/α-hetero) is 1. The number of carbonyl (C=O) groups is 2. The normalized spacial score (nSPS) is 29.6. The van der Waals surface area contributed by atoms with Crippen molar-refractivity contribution in [3.05, 3.63) is 72.8 Å². The van der Waals surface area contributed by atoms with Gasteiger partial charge in [0, 0.05) is 18.4 Å². The molecule has 0 aliphatic heterocycles. The molecule has 2 fully saturated rings. The van der Waals surface area contributed by atoms with Crippen LogP contribution < -0.4 is 10.4 Å². The summed E-state index contributed by atoms with van der Waals surface area (Å²) < 4.78 is 12.7. The predicted molar refractivity (Wildman–Crippen MR) is 135 cm³/mol. The molecule has 5 rings (SSSR count). The summed E-state index contributed by atoms with van der Waals surface area (Å²) in [6.07, 6.45) is 5.44. The van der Waals surface area contributed by atoms with Gasteiger partial charge in [0.25, 0.3) is 8.32 Å². The van der Waals surface area contributed by atoms with E-state index in [9.17, 15) is 9.59 Å². The molecule has 0 N–H and O–H groups in total. The van der Waals surface area contributed by atoms with Crippen molar-refractivity contribution in [1.29, 1.82) is 0 Å². The van der Waals surface area contributed by atoms with Crippen molar-refractivity contribution in [1.82, 2.24) is 0 Å². The maximum Gasteiger partial charge on any atom is 0.320 e. The molecular weight excluding hydrogens is 440 g/mol. The lowest BCUT2D eigenvalue weighted by atomic mass is 9.77. The fourth-order valence-electron chi connectivity index (χ4n) is 7.02. The topological polar surface area (TPSA) is 52.6 Å². The third-order valence-electron chi connectivity index (χ3n) is 8.37. The zero-order chi connectivity index (χ0) is 24.2. The molecule has 3 aliphatic rings. The molecule has 178 valence electrons. The van der Waals surface area contributed by atoms with Gasteiger partial charge in [0.15, 0.2) is 5.78 Å². The summed E-state index contributed by atoms with van der Waals surface area (Å²) >= 11 is 0. The quantitative estimate of drug-likeness (QED) is 0.260. The van der Waals surface area contributed by atoms with Gasteiger partial charge in [0.05, 0.1) is 6.61 Å². The van der Waals surface area contributed by atoms with Crippen LogP contribution in [0, 0.1) is 22.7 Å². The van der Waals surface area contributed by atoms with Crippen molar-refractivity contribution in [2.24, 2.45) is 22.7 Å². The molecule has 0 unspecified atom stereocenters. The maximum absolute atomic E-state index is 13.4. The van der Waals surface area contributed by atoms with E-state index < -0.39 is 19.1 Å². The molecule has 2 aromatic rings. The van der Waals surface area contributed by atoms with Gasteiger partial charge in [-0.25, -0.2) is 0 Å². The molecule has 5 heteroatoms. The number of rotatable bonds is 7. The number of hydrogen-bond donors (Lipinski definition) is 0. The Morgan fingerprint density at radius 1 is 1.03 bits per heavy atom. The number of benzene rings is 2. The smallest absolute Gasteiger partial charge is 0.320 e. The van der Waals surface area contributed by atoms with E-state index in [1.807, 2.05) is 12.1 Å². The highest BCUT2D eigenvalue weighted by atomic mass is 28.4. The van der Waals surface area contributed by atoms with E-state index in [-0.39, 0.29) is 28.6 Å². The minimum absolute atomic E-state index is 0.0187. The fourth-order valence-corrected chi connectivity index (χ4v) is 11.7. The highest BCUT2D eigenvalue weighted by molar-refractivity contribution is 6.99. The Morgan fingerprint density at radius 2 is 1.62 bits per heavy atom. The van der Waals surface area contributed by atoms with Gasteiger partial charge < -0.3 is 9.16 Å². The first-order valence-electron chi connectivity index (χ1n) is 12.4. The number of ether oxygens (including phenoxy) is 1. The first-order chi connectivity index (χ1) is 16.2. The third-order valence-corrected chi connectivity index (χ3v) is 13.3. The van der Waals surface area contributed by atoms with E-state index >= 15 is 0 Å². The van der Waals surface area contributed by atoms with E-state index in [4.69, 9.17) is 9.16 Å². The number of fused-ring (bicyclic) bond motifs is 1. The first kappa shape index (κ1) is 23.2. The molecule has 0 heterocycles. The number of ketones is 1. The van der Waals surface area contributed by atoms with Crippen LogP contribution in [-0.4, -0.2) is 33.3 Å². The van der Waals surface area contributed by atoms with Gasteiger partial charge in [0.1, 0.15) is 5.41 Å². The minimum Gasteiger partial charge on any atom is -0.465 e.